The Morgan fingerprint density at radius 1 is 1.35 bits per heavy atom. The zero-order valence-electron chi connectivity index (χ0n) is 15.7. The molecule has 26 heavy (non-hydrogen) atoms. The lowest BCUT2D eigenvalue weighted by Crippen LogP contribution is -2.44. The van der Waals surface area contributed by atoms with Gasteiger partial charge in [-0.1, -0.05) is 17.8 Å². The molecule has 0 aromatic carbocycles. The average molecular weight is 381 g/mol. The van der Waals surface area contributed by atoms with Gasteiger partial charge in [-0.05, 0) is 37.2 Å². The highest BCUT2D eigenvalue weighted by Gasteiger charge is 2.45. The molecular weight excluding hydrogens is 352 g/mol. The lowest BCUT2D eigenvalue weighted by Gasteiger charge is -2.38. The van der Waals surface area contributed by atoms with Gasteiger partial charge in [0.2, 0.25) is 5.91 Å². The van der Waals surface area contributed by atoms with E-state index in [0.717, 1.165) is 50.9 Å². The van der Waals surface area contributed by atoms with Crippen LogP contribution in [0.3, 0.4) is 0 Å². The van der Waals surface area contributed by atoms with Gasteiger partial charge >= 0.3 is 0 Å². The highest BCUT2D eigenvalue weighted by molar-refractivity contribution is 7.08. The maximum absolute atomic E-state index is 12.8. The third-order valence-corrected chi connectivity index (χ3v) is 6.29. The molecule has 1 spiro atoms. The van der Waals surface area contributed by atoms with Crippen LogP contribution < -0.4 is 0 Å². The first-order valence-corrected chi connectivity index (χ1v) is 10.2. The molecule has 0 bridgehead atoms. The minimum Gasteiger partial charge on any atom is -0.385 e. The Labute approximate surface area is 158 Å². The summed E-state index contributed by atoms with van der Waals surface area (Å²) in [6, 6.07) is 0. The molecule has 0 atom stereocenters. The van der Waals surface area contributed by atoms with Gasteiger partial charge in [-0.25, -0.2) is 0 Å². The summed E-state index contributed by atoms with van der Waals surface area (Å²) >= 11 is 1.20. The number of hydrogen-bond donors (Lipinski definition) is 0. The number of piperidine rings is 1. The van der Waals surface area contributed by atoms with Gasteiger partial charge in [0, 0.05) is 51.7 Å². The minimum absolute atomic E-state index is 0.0408. The lowest BCUT2D eigenvalue weighted by atomic mass is 9.77. The molecule has 0 saturated carbocycles. The van der Waals surface area contributed by atoms with Crippen LogP contribution in [0, 0.1) is 5.41 Å². The summed E-state index contributed by atoms with van der Waals surface area (Å²) in [6.45, 7) is 5.77. The molecule has 7 nitrogen and oxygen atoms in total. The number of rotatable bonds is 7. The number of likely N-dealkylation sites (tertiary alicyclic amines) is 2. The second-order valence-corrected chi connectivity index (χ2v) is 8.18. The van der Waals surface area contributed by atoms with Gasteiger partial charge in [0.1, 0.15) is 4.88 Å². The van der Waals surface area contributed by atoms with Crippen LogP contribution in [-0.2, 0) is 16.0 Å². The van der Waals surface area contributed by atoms with E-state index in [9.17, 15) is 9.59 Å². The number of amides is 2. The fraction of sp³-hybridized carbons (Fsp3) is 0.778. The smallest absolute Gasteiger partial charge is 0.267 e. The summed E-state index contributed by atoms with van der Waals surface area (Å²) in [5, 5.41) is 4.11. The first-order chi connectivity index (χ1) is 12.6. The molecule has 2 fully saturated rings. The van der Waals surface area contributed by atoms with Crippen LogP contribution in [0.4, 0.5) is 0 Å². The van der Waals surface area contributed by atoms with Crippen LogP contribution in [0.2, 0.25) is 0 Å². The lowest BCUT2D eigenvalue weighted by molar-refractivity contribution is -0.128. The summed E-state index contributed by atoms with van der Waals surface area (Å²) in [6.07, 6.45) is 5.02. The van der Waals surface area contributed by atoms with Gasteiger partial charge in [0.05, 0.1) is 5.69 Å². The predicted molar refractivity (Wildman–Crippen MR) is 99.2 cm³/mol. The van der Waals surface area contributed by atoms with E-state index in [0.29, 0.717) is 31.0 Å². The zero-order valence-corrected chi connectivity index (χ0v) is 16.5. The molecular formula is C18H28N4O3S. The van der Waals surface area contributed by atoms with Gasteiger partial charge in [-0.15, -0.1) is 5.10 Å². The monoisotopic (exact) mass is 380 g/mol. The van der Waals surface area contributed by atoms with Crippen molar-refractivity contribution < 1.29 is 14.3 Å². The van der Waals surface area contributed by atoms with Gasteiger partial charge in [0.25, 0.3) is 5.91 Å². The summed E-state index contributed by atoms with van der Waals surface area (Å²) in [4.78, 5) is 29.8. The summed E-state index contributed by atoms with van der Waals surface area (Å²) < 4.78 is 9.05. The van der Waals surface area contributed by atoms with Crippen molar-refractivity contribution in [2.45, 2.75) is 45.4 Å². The van der Waals surface area contributed by atoms with Crippen molar-refractivity contribution >= 4 is 23.3 Å². The Morgan fingerprint density at radius 3 is 2.81 bits per heavy atom. The Bertz CT molecular complexity index is 640. The molecule has 1 aromatic rings. The van der Waals surface area contributed by atoms with Crippen LogP contribution in [0.5, 0.6) is 0 Å². The number of methoxy groups -OCH3 is 1. The number of nitrogens with zero attached hydrogens (tertiary/aromatic N) is 4. The van der Waals surface area contributed by atoms with Crippen LogP contribution in [-0.4, -0.2) is 71.1 Å². The number of ether oxygens (including phenoxy) is 1. The maximum Gasteiger partial charge on any atom is 0.267 e. The first-order valence-electron chi connectivity index (χ1n) is 9.46. The van der Waals surface area contributed by atoms with Crippen molar-refractivity contribution in [1.29, 1.82) is 0 Å². The molecule has 2 aliphatic rings. The van der Waals surface area contributed by atoms with Crippen LogP contribution >= 0.6 is 11.5 Å². The van der Waals surface area contributed by atoms with Crippen molar-refractivity contribution in [3.63, 3.8) is 0 Å². The van der Waals surface area contributed by atoms with Crippen molar-refractivity contribution in [1.82, 2.24) is 19.4 Å². The van der Waals surface area contributed by atoms with Gasteiger partial charge < -0.3 is 14.5 Å². The van der Waals surface area contributed by atoms with E-state index in [1.807, 2.05) is 9.80 Å². The second kappa shape index (κ2) is 8.43. The molecule has 0 radical (unpaired) electrons. The molecule has 0 N–H and O–H groups in total. The third-order valence-electron chi connectivity index (χ3n) is 5.53. The van der Waals surface area contributed by atoms with Crippen LogP contribution in [0.25, 0.3) is 0 Å². The number of hydrogen-bond acceptors (Lipinski definition) is 6. The minimum atomic E-state index is 0.0408. The topological polar surface area (TPSA) is 75.6 Å². The second-order valence-electron chi connectivity index (χ2n) is 7.43. The molecule has 3 heterocycles. The van der Waals surface area contributed by atoms with E-state index in [1.165, 1.54) is 11.5 Å². The van der Waals surface area contributed by atoms with E-state index in [1.54, 1.807) is 7.11 Å². The Morgan fingerprint density at radius 2 is 2.12 bits per heavy atom. The third kappa shape index (κ3) is 4.06. The SMILES string of the molecule is CCCc1nnsc1C(=O)N1CCC2(CC1)CC(=O)N(CCCOC)C2. The fourth-order valence-corrected chi connectivity index (χ4v) is 4.70. The Balaban J connectivity index is 1.56. The van der Waals surface area contributed by atoms with E-state index < -0.39 is 0 Å². The van der Waals surface area contributed by atoms with E-state index >= 15 is 0 Å². The summed E-state index contributed by atoms with van der Waals surface area (Å²) in [5.74, 6) is 0.303. The number of aromatic nitrogens is 2. The number of carbonyl (C=O) groups is 2. The van der Waals surface area contributed by atoms with Crippen molar-refractivity contribution in [3.8, 4) is 0 Å². The molecule has 144 valence electrons. The Kier molecular flexibility index (Phi) is 6.24. The maximum atomic E-state index is 12.8. The highest BCUT2D eigenvalue weighted by Crippen LogP contribution is 2.41. The number of aryl methyl sites for hydroxylation is 1. The van der Waals surface area contributed by atoms with E-state index in [4.69, 9.17) is 4.74 Å². The molecule has 0 aliphatic carbocycles. The number of carbonyl (C=O) groups excluding carboxylic acids is 2. The molecule has 0 unspecified atom stereocenters. The summed E-state index contributed by atoms with van der Waals surface area (Å²) in [7, 11) is 1.69. The summed E-state index contributed by atoms with van der Waals surface area (Å²) in [5.41, 5.74) is 0.863. The van der Waals surface area contributed by atoms with Crippen LogP contribution in [0.1, 0.15) is 54.4 Å². The molecule has 1 aromatic heterocycles. The van der Waals surface area contributed by atoms with E-state index in [-0.39, 0.29) is 17.2 Å². The molecule has 2 saturated heterocycles. The van der Waals surface area contributed by atoms with Crippen LogP contribution in [0.15, 0.2) is 0 Å². The quantitative estimate of drug-likeness (QED) is 0.676. The highest BCUT2D eigenvalue weighted by atomic mass is 32.1. The fourth-order valence-electron chi connectivity index (χ4n) is 4.02. The Hall–Kier alpha value is -1.54. The van der Waals surface area contributed by atoms with Crippen molar-refractivity contribution in [2.24, 2.45) is 5.41 Å². The average Bonchev–Trinajstić information content (AvgIpc) is 3.21. The van der Waals surface area contributed by atoms with Crippen molar-refractivity contribution in [2.75, 3.05) is 39.9 Å². The normalized spacial score (nSPS) is 19.5. The predicted octanol–water partition coefficient (Wildman–Crippen LogP) is 1.98. The van der Waals surface area contributed by atoms with Gasteiger partial charge in [-0.2, -0.15) is 0 Å². The molecule has 8 heteroatoms. The van der Waals surface area contributed by atoms with E-state index in [2.05, 4.69) is 16.5 Å². The molecule has 2 amide bonds. The molecule has 3 rings (SSSR count). The molecule has 2 aliphatic heterocycles. The van der Waals surface area contributed by atoms with Gasteiger partial charge in [-0.3, -0.25) is 9.59 Å². The largest absolute Gasteiger partial charge is 0.385 e. The zero-order chi connectivity index (χ0) is 18.6. The first kappa shape index (κ1) is 19.2. The van der Waals surface area contributed by atoms with Gasteiger partial charge in [0.15, 0.2) is 0 Å². The standard InChI is InChI=1S/C18H28N4O3S/c1-3-5-14-16(26-20-19-14)17(24)21-9-6-18(7-10-21)12-15(23)22(13-18)8-4-11-25-2/h3-13H2,1-2H3. The van der Waals surface area contributed by atoms with Crippen molar-refractivity contribution in [3.05, 3.63) is 10.6 Å².